The molecule has 7 heteroatoms. The van der Waals surface area contributed by atoms with E-state index in [1.807, 2.05) is 0 Å². The Morgan fingerprint density at radius 1 is 1.30 bits per heavy atom. The van der Waals surface area contributed by atoms with Gasteiger partial charge in [0.2, 0.25) is 15.9 Å². The molecule has 2 N–H and O–H groups in total. The SMILES string of the molecule is CCN(CC(=O)N(C)C)S(=O)(=O)c1cccc(N)c1C. The molecule has 0 heterocycles. The van der Waals surface area contributed by atoms with Crippen molar-refractivity contribution in [3.8, 4) is 0 Å². The number of carbonyl (C=O) groups is 1. The molecule has 20 heavy (non-hydrogen) atoms. The van der Waals surface area contributed by atoms with Crippen molar-refractivity contribution in [3.63, 3.8) is 0 Å². The summed E-state index contributed by atoms with van der Waals surface area (Å²) in [5.41, 5.74) is 6.67. The quantitative estimate of drug-likeness (QED) is 0.810. The van der Waals surface area contributed by atoms with Gasteiger partial charge in [0, 0.05) is 26.3 Å². The number of rotatable bonds is 5. The summed E-state index contributed by atoms with van der Waals surface area (Å²) < 4.78 is 26.3. The second-order valence-electron chi connectivity index (χ2n) is 4.69. The molecule has 0 radical (unpaired) electrons. The van der Waals surface area contributed by atoms with Crippen molar-refractivity contribution in [2.24, 2.45) is 0 Å². The van der Waals surface area contributed by atoms with Crippen molar-refractivity contribution in [3.05, 3.63) is 23.8 Å². The van der Waals surface area contributed by atoms with Crippen molar-refractivity contribution in [2.45, 2.75) is 18.7 Å². The lowest BCUT2D eigenvalue weighted by Crippen LogP contribution is -2.40. The standard InChI is InChI=1S/C13H21N3O3S/c1-5-16(9-13(17)15(3)4)20(18,19)12-8-6-7-11(14)10(12)2/h6-8H,5,9,14H2,1-4H3. The predicted octanol–water partition coefficient (Wildman–Crippen LogP) is 0.676. The van der Waals surface area contributed by atoms with Gasteiger partial charge in [-0.2, -0.15) is 4.31 Å². The van der Waals surface area contributed by atoms with Gasteiger partial charge in [-0.15, -0.1) is 0 Å². The molecule has 112 valence electrons. The maximum atomic E-state index is 12.6. The van der Waals surface area contributed by atoms with Crippen LogP contribution in [-0.4, -0.2) is 50.7 Å². The van der Waals surface area contributed by atoms with Gasteiger partial charge in [-0.3, -0.25) is 4.79 Å². The molecule has 0 unspecified atom stereocenters. The van der Waals surface area contributed by atoms with Gasteiger partial charge < -0.3 is 10.6 Å². The van der Waals surface area contributed by atoms with Gasteiger partial charge in [0.05, 0.1) is 11.4 Å². The summed E-state index contributed by atoms with van der Waals surface area (Å²) in [7, 11) is -0.543. The first kappa shape index (κ1) is 16.5. The number of carbonyl (C=O) groups excluding carboxylic acids is 1. The van der Waals surface area contributed by atoms with Crippen molar-refractivity contribution in [2.75, 3.05) is 32.9 Å². The van der Waals surface area contributed by atoms with Crippen LogP contribution in [0.3, 0.4) is 0 Å². The molecule has 0 spiro atoms. The average molecular weight is 299 g/mol. The van der Waals surface area contributed by atoms with E-state index in [4.69, 9.17) is 5.73 Å². The molecule has 1 amide bonds. The summed E-state index contributed by atoms with van der Waals surface area (Å²) in [6.07, 6.45) is 0. The van der Waals surface area contributed by atoms with Crippen LogP contribution in [0.5, 0.6) is 0 Å². The van der Waals surface area contributed by atoms with E-state index in [-0.39, 0.29) is 23.9 Å². The third kappa shape index (κ3) is 3.29. The Hall–Kier alpha value is -1.60. The number of hydrogen-bond donors (Lipinski definition) is 1. The number of hydrogen-bond acceptors (Lipinski definition) is 4. The van der Waals surface area contributed by atoms with E-state index in [1.54, 1.807) is 40.1 Å². The maximum Gasteiger partial charge on any atom is 0.243 e. The molecular formula is C13H21N3O3S. The summed E-state index contributed by atoms with van der Waals surface area (Å²) in [6, 6.07) is 4.75. The maximum absolute atomic E-state index is 12.6. The summed E-state index contributed by atoms with van der Waals surface area (Å²) in [5.74, 6) is -0.267. The zero-order valence-corrected chi connectivity index (χ0v) is 13.1. The lowest BCUT2D eigenvalue weighted by molar-refractivity contribution is -0.128. The molecule has 0 aromatic heterocycles. The summed E-state index contributed by atoms with van der Waals surface area (Å²) in [5, 5.41) is 0. The van der Waals surface area contributed by atoms with Crippen molar-refractivity contribution >= 4 is 21.6 Å². The van der Waals surface area contributed by atoms with E-state index in [0.29, 0.717) is 11.3 Å². The first-order chi connectivity index (χ1) is 9.21. The Morgan fingerprint density at radius 3 is 2.40 bits per heavy atom. The fraction of sp³-hybridized carbons (Fsp3) is 0.462. The van der Waals surface area contributed by atoms with Crippen LogP contribution in [0, 0.1) is 6.92 Å². The Balaban J connectivity index is 3.19. The van der Waals surface area contributed by atoms with E-state index in [9.17, 15) is 13.2 Å². The summed E-state index contributed by atoms with van der Waals surface area (Å²) >= 11 is 0. The number of benzene rings is 1. The molecule has 1 aromatic carbocycles. The van der Waals surface area contributed by atoms with E-state index >= 15 is 0 Å². The Kier molecular flexibility index (Phi) is 5.13. The van der Waals surface area contributed by atoms with E-state index in [0.717, 1.165) is 4.31 Å². The van der Waals surface area contributed by atoms with Gasteiger partial charge in [-0.25, -0.2) is 8.42 Å². The molecule has 0 aliphatic carbocycles. The molecule has 0 saturated carbocycles. The molecule has 1 aromatic rings. The fourth-order valence-corrected chi connectivity index (χ4v) is 3.36. The first-order valence-corrected chi connectivity index (χ1v) is 7.71. The highest BCUT2D eigenvalue weighted by molar-refractivity contribution is 7.89. The molecule has 0 bridgehead atoms. The lowest BCUT2D eigenvalue weighted by atomic mass is 10.2. The van der Waals surface area contributed by atoms with Crippen LogP contribution in [-0.2, 0) is 14.8 Å². The molecule has 0 aliphatic rings. The third-order valence-corrected chi connectivity index (χ3v) is 5.17. The van der Waals surface area contributed by atoms with Crippen LogP contribution in [0.2, 0.25) is 0 Å². The van der Waals surface area contributed by atoms with E-state index in [1.165, 1.54) is 11.0 Å². The highest BCUT2D eigenvalue weighted by Gasteiger charge is 2.27. The predicted molar refractivity (Wildman–Crippen MR) is 78.7 cm³/mol. The Morgan fingerprint density at radius 2 is 1.90 bits per heavy atom. The number of anilines is 1. The smallest absolute Gasteiger partial charge is 0.243 e. The molecular weight excluding hydrogens is 278 g/mol. The van der Waals surface area contributed by atoms with Crippen molar-refractivity contribution in [1.29, 1.82) is 0 Å². The molecule has 0 fully saturated rings. The number of amides is 1. The Bertz CT molecular complexity index is 597. The molecule has 0 atom stereocenters. The van der Waals surface area contributed by atoms with Gasteiger partial charge in [0.25, 0.3) is 0 Å². The topological polar surface area (TPSA) is 83.7 Å². The number of sulfonamides is 1. The van der Waals surface area contributed by atoms with Crippen LogP contribution in [0.15, 0.2) is 23.1 Å². The Labute approximate surface area is 120 Å². The summed E-state index contributed by atoms with van der Waals surface area (Å²) in [4.78, 5) is 13.2. The van der Waals surface area contributed by atoms with Gasteiger partial charge in [-0.05, 0) is 24.6 Å². The fourth-order valence-electron chi connectivity index (χ4n) is 1.71. The normalized spacial score (nSPS) is 11.7. The van der Waals surface area contributed by atoms with Crippen molar-refractivity contribution in [1.82, 2.24) is 9.21 Å². The zero-order valence-electron chi connectivity index (χ0n) is 12.3. The van der Waals surface area contributed by atoms with E-state index < -0.39 is 10.0 Å². The van der Waals surface area contributed by atoms with E-state index in [2.05, 4.69) is 0 Å². The minimum atomic E-state index is -3.73. The van der Waals surface area contributed by atoms with Gasteiger partial charge in [0.1, 0.15) is 0 Å². The van der Waals surface area contributed by atoms with Crippen LogP contribution in [0.4, 0.5) is 5.69 Å². The average Bonchev–Trinajstić information content (AvgIpc) is 2.38. The summed E-state index contributed by atoms with van der Waals surface area (Å²) in [6.45, 7) is 3.39. The molecule has 1 rings (SSSR count). The largest absolute Gasteiger partial charge is 0.398 e. The van der Waals surface area contributed by atoms with Gasteiger partial charge >= 0.3 is 0 Å². The molecule has 0 saturated heterocycles. The highest BCUT2D eigenvalue weighted by atomic mass is 32.2. The second-order valence-corrected chi connectivity index (χ2v) is 6.60. The van der Waals surface area contributed by atoms with Crippen LogP contribution >= 0.6 is 0 Å². The van der Waals surface area contributed by atoms with Crippen molar-refractivity contribution < 1.29 is 13.2 Å². The molecule has 6 nitrogen and oxygen atoms in total. The monoisotopic (exact) mass is 299 g/mol. The van der Waals surface area contributed by atoms with Gasteiger partial charge in [-0.1, -0.05) is 13.0 Å². The lowest BCUT2D eigenvalue weighted by Gasteiger charge is -2.23. The minimum Gasteiger partial charge on any atom is -0.398 e. The molecule has 0 aliphatic heterocycles. The highest BCUT2D eigenvalue weighted by Crippen LogP contribution is 2.23. The van der Waals surface area contributed by atoms with Crippen LogP contribution in [0.25, 0.3) is 0 Å². The first-order valence-electron chi connectivity index (χ1n) is 6.27. The second kappa shape index (κ2) is 6.23. The van der Waals surface area contributed by atoms with Gasteiger partial charge in [0.15, 0.2) is 0 Å². The number of nitrogens with two attached hydrogens (primary N) is 1. The third-order valence-electron chi connectivity index (χ3n) is 3.11. The van der Waals surface area contributed by atoms with Crippen LogP contribution in [0.1, 0.15) is 12.5 Å². The minimum absolute atomic E-state index is 0.144. The van der Waals surface area contributed by atoms with Crippen LogP contribution < -0.4 is 5.73 Å². The number of likely N-dealkylation sites (N-methyl/N-ethyl adjacent to an activating group) is 2. The number of nitrogen functional groups attached to an aromatic ring is 1. The number of nitrogens with zero attached hydrogens (tertiary/aromatic N) is 2. The zero-order chi connectivity index (χ0) is 15.5.